The molecule has 1 heterocycles. The molecule has 0 spiro atoms. The Bertz CT molecular complexity index is 899. The molecule has 0 atom stereocenters. The number of nitrogens with zero attached hydrogens (tertiary/aromatic N) is 1. The summed E-state index contributed by atoms with van der Waals surface area (Å²) in [6.07, 6.45) is 0.185. The molecule has 118 valence electrons. The normalized spacial score (nSPS) is 11.0. The van der Waals surface area contributed by atoms with E-state index in [4.69, 9.17) is 4.52 Å². The third-order valence-corrected chi connectivity index (χ3v) is 4.82. The van der Waals surface area contributed by atoms with Gasteiger partial charge in [0.15, 0.2) is 5.58 Å². The highest BCUT2D eigenvalue weighted by Crippen LogP contribution is 2.24. The Morgan fingerprint density at radius 1 is 1.13 bits per heavy atom. The Kier molecular flexibility index (Phi) is 4.22. The summed E-state index contributed by atoms with van der Waals surface area (Å²) in [7, 11) is 0. The molecule has 3 rings (SSSR count). The SMILES string of the molecule is Cc1cc2onc(CC(=O)Nc3ccc(Br)c(C)c3)c2cc1C. The Balaban J connectivity index is 1.80. The van der Waals surface area contributed by atoms with Crippen LogP contribution in [0, 0.1) is 20.8 Å². The molecule has 0 bridgehead atoms. The van der Waals surface area contributed by atoms with Gasteiger partial charge in [-0.25, -0.2) is 0 Å². The third-order valence-electron chi connectivity index (χ3n) is 3.93. The summed E-state index contributed by atoms with van der Waals surface area (Å²) in [5.74, 6) is -0.111. The Labute approximate surface area is 143 Å². The lowest BCUT2D eigenvalue weighted by molar-refractivity contribution is -0.115. The van der Waals surface area contributed by atoms with Crippen LogP contribution < -0.4 is 5.32 Å². The molecule has 0 fully saturated rings. The smallest absolute Gasteiger partial charge is 0.230 e. The second-order valence-electron chi connectivity index (χ2n) is 5.75. The van der Waals surface area contributed by atoms with E-state index in [9.17, 15) is 4.79 Å². The molecular formula is C18H17BrN2O2. The minimum Gasteiger partial charge on any atom is -0.356 e. The number of carbonyl (C=O) groups is 1. The van der Waals surface area contributed by atoms with Gasteiger partial charge < -0.3 is 9.84 Å². The van der Waals surface area contributed by atoms with Gasteiger partial charge >= 0.3 is 0 Å². The number of halogens is 1. The zero-order valence-corrected chi connectivity index (χ0v) is 14.8. The largest absolute Gasteiger partial charge is 0.356 e. The van der Waals surface area contributed by atoms with Crippen LogP contribution in [0.5, 0.6) is 0 Å². The summed E-state index contributed by atoms with van der Waals surface area (Å²) in [5, 5.41) is 7.84. The van der Waals surface area contributed by atoms with Gasteiger partial charge in [0.25, 0.3) is 0 Å². The number of aromatic nitrogens is 1. The predicted octanol–water partition coefficient (Wildman–Crippen LogP) is 4.70. The molecule has 0 aliphatic heterocycles. The first-order chi connectivity index (χ1) is 10.9. The predicted molar refractivity (Wildman–Crippen MR) is 94.7 cm³/mol. The van der Waals surface area contributed by atoms with E-state index in [2.05, 4.69) is 26.4 Å². The van der Waals surface area contributed by atoms with Gasteiger partial charge in [0.2, 0.25) is 5.91 Å². The maximum absolute atomic E-state index is 12.3. The van der Waals surface area contributed by atoms with E-state index in [-0.39, 0.29) is 12.3 Å². The van der Waals surface area contributed by atoms with E-state index in [1.807, 2.05) is 51.1 Å². The second kappa shape index (κ2) is 6.16. The van der Waals surface area contributed by atoms with Crippen molar-refractivity contribution in [3.05, 3.63) is 57.2 Å². The van der Waals surface area contributed by atoms with Crippen molar-refractivity contribution in [1.29, 1.82) is 0 Å². The Morgan fingerprint density at radius 2 is 1.87 bits per heavy atom. The van der Waals surface area contributed by atoms with E-state index >= 15 is 0 Å². The Hall–Kier alpha value is -2.14. The van der Waals surface area contributed by atoms with Crippen molar-refractivity contribution in [2.75, 3.05) is 5.32 Å². The van der Waals surface area contributed by atoms with Crippen LogP contribution in [-0.4, -0.2) is 11.1 Å². The van der Waals surface area contributed by atoms with Gasteiger partial charge in [-0.15, -0.1) is 0 Å². The summed E-state index contributed by atoms with van der Waals surface area (Å²) < 4.78 is 6.35. The van der Waals surface area contributed by atoms with Crippen LogP contribution in [0.3, 0.4) is 0 Å². The van der Waals surface area contributed by atoms with Gasteiger partial charge in [-0.3, -0.25) is 4.79 Å². The number of nitrogens with one attached hydrogen (secondary N) is 1. The number of hydrogen-bond donors (Lipinski definition) is 1. The number of rotatable bonds is 3. The van der Waals surface area contributed by atoms with E-state index in [1.54, 1.807) is 0 Å². The highest BCUT2D eigenvalue weighted by molar-refractivity contribution is 9.10. The molecule has 0 unspecified atom stereocenters. The molecule has 0 saturated carbocycles. The van der Waals surface area contributed by atoms with Gasteiger partial charge in [-0.05, 0) is 67.8 Å². The lowest BCUT2D eigenvalue weighted by atomic mass is 10.1. The quantitative estimate of drug-likeness (QED) is 0.724. The number of amides is 1. The third kappa shape index (κ3) is 3.29. The van der Waals surface area contributed by atoms with Crippen molar-refractivity contribution < 1.29 is 9.32 Å². The molecule has 2 aromatic carbocycles. The average molecular weight is 373 g/mol. The highest BCUT2D eigenvalue weighted by atomic mass is 79.9. The first-order valence-corrected chi connectivity index (χ1v) is 8.15. The number of fused-ring (bicyclic) bond motifs is 1. The molecule has 0 aliphatic carbocycles. The monoisotopic (exact) mass is 372 g/mol. The zero-order chi connectivity index (χ0) is 16.6. The molecule has 3 aromatic rings. The lowest BCUT2D eigenvalue weighted by Crippen LogP contribution is -2.14. The van der Waals surface area contributed by atoms with Gasteiger partial charge in [0.1, 0.15) is 5.69 Å². The van der Waals surface area contributed by atoms with Crippen molar-refractivity contribution >= 4 is 38.5 Å². The summed E-state index contributed by atoms with van der Waals surface area (Å²) in [4.78, 5) is 12.3. The minimum absolute atomic E-state index is 0.111. The van der Waals surface area contributed by atoms with Crippen LogP contribution in [0.25, 0.3) is 11.0 Å². The molecule has 0 radical (unpaired) electrons. The lowest BCUT2D eigenvalue weighted by Gasteiger charge is -2.06. The van der Waals surface area contributed by atoms with Crippen LogP contribution in [0.1, 0.15) is 22.4 Å². The fourth-order valence-corrected chi connectivity index (χ4v) is 2.70. The maximum atomic E-state index is 12.3. The molecule has 0 saturated heterocycles. The molecule has 23 heavy (non-hydrogen) atoms. The zero-order valence-electron chi connectivity index (χ0n) is 13.2. The number of hydrogen-bond acceptors (Lipinski definition) is 3. The second-order valence-corrected chi connectivity index (χ2v) is 6.61. The maximum Gasteiger partial charge on any atom is 0.230 e. The highest BCUT2D eigenvalue weighted by Gasteiger charge is 2.14. The average Bonchev–Trinajstić information content (AvgIpc) is 2.86. The van der Waals surface area contributed by atoms with Crippen LogP contribution >= 0.6 is 15.9 Å². The first kappa shape index (κ1) is 15.7. The summed E-state index contributed by atoms with van der Waals surface area (Å²) in [6.45, 7) is 6.05. The van der Waals surface area contributed by atoms with Crippen LogP contribution in [0.4, 0.5) is 5.69 Å². The van der Waals surface area contributed by atoms with Crippen LogP contribution in [0.15, 0.2) is 39.3 Å². The summed E-state index contributed by atoms with van der Waals surface area (Å²) >= 11 is 3.45. The van der Waals surface area contributed by atoms with Gasteiger partial charge in [-0.2, -0.15) is 0 Å². The van der Waals surface area contributed by atoms with E-state index in [1.165, 1.54) is 0 Å². The molecular weight excluding hydrogens is 356 g/mol. The van der Waals surface area contributed by atoms with E-state index in [0.717, 1.165) is 37.8 Å². The molecule has 5 heteroatoms. The Morgan fingerprint density at radius 3 is 2.61 bits per heavy atom. The van der Waals surface area contributed by atoms with Gasteiger partial charge in [0.05, 0.1) is 6.42 Å². The fraction of sp³-hybridized carbons (Fsp3) is 0.222. The minimum atomic E-state index is -0.111. The molecule has 1 N–H and O–H groups in total. The van der Waals surface area contributed by atoms with Crippen molar-refractivity contribution in [1.82, 2.24) is 5.16 Å². The van der Waals surface area contributed by atoms with E-state index < -0.39 is 0 Å². The summed E-state index contributed by atoms with van der Waals surface area (Å²) in [5.41, 5.74) is 5.53. The van der Waals surface area contributed by atoms with Crippen molar-refractivity contribution in [2.24, 2.45) is 0 Å². The van der Waals surface area contributed by atoms with Crippen LogP contribution in [0.2, 0.25) is 0 Å². The van der Waals surface area contributed by atoms with Crippen molar-refractivity contribution in [2.45, 2.75) is 27.2 Å². The fourth-order valence-electron chi connectivity index (χ4n) is 2.45. The first-order valence-electron chi connectivity index (χ1n) is 7.35. The number of aryl methyl sites for hydroxylation is 3. The molecule has 4 nitrogen and oxygen atoms in total. The topological polar surface area (TPSA) is 55.1 Å². The van der Waals surface area contributed by atoms with Gasteiger partial charge in [-0.1, -0.05) is 21.1 Å². The molecule has 1 aromatic heterocycles. The van der Waals surface area contributed by atoms with Crippen molar-refractivity contribution in [3.8, 4) is 0 Å². The number of anilines is 1. The number of benzene rings is 2. The molecule has 1 amide bonds. The standard InChI is InChI=1S/C18H17BrN2O2/c1-10-7-14-16(21-23-17(14)8-11(10)2)9-18(22)20-13-4-5-15(19)12(3)6-13/h4-8H,9H2,1-3H3,(H,20,22). The van der Waals surface area contributed by atoms with E-state index in [0.29, 0.717) is 5.69 Å². The number of carbonyl (C=O) groups excluding carboxylic acids is 1. The van der Waals surface area contributed by atoms with Crippen LogP contribution in [-0.2, 0) is 11.2 Å². The molecule has 0 aliphatic rings. The van der Waals surface area contributed by atoms with Gasteiger partial charge in [0, 0.05) is 15.5 Å². The van der Waals surface area contributed by atoms with Crippen molar-refractivity contribution in [3.63, 3.8) is 0 Å². The summed E-state index contributed by atoms with van der Waals surface area (Å²) in [6, 6.07) is 9.69.